The summed E-state index contributed by atoms with van der Waals surface area (Å²) in [5, 5.41) is 3.20. The van der Waals surface area contributed by atoms with Crippen molar-refractivity contribution in [2.45, 2.75) is 19.4 Å². The lowest BCUT2D eigenvalue weighted by atomic mass is 10.0. The highest BCUT2D eigenvalue weighted by molar-refractivity contribution is 5.25. The fourth-order valence-electron chi connectivity index (χ4n) is 1.39. The van der Waals surface area contributed by atoms with Crippen molar-refractivity contribution in [1.29, 1.82) is 0 Å². The summed E-state index contributed by atoms with van der Waals surface area (Å²) in [4.78, 5) is 0. The Morgan fingerprint density at radius 2 is 2.31 bits per heavy atom. The zero-order valence-electron chi connectivity index (χ0n) is 8.17. The summed E-state index contributed by atoms with van der Waals surface area (Å²) < 4.78 is 0. The van der Waals surface area contributed by atoms with Gasteiger partial charge in [-0.25, -0.2) is 0 Å². The van der Waals surface area contributed by atoms with E-state index in [4.69, 9.17) is 6.42 Å². The first kappa shape index (κ1) is 9.83. The Balaban J connectivity index is 2.86. The van der Waals surface area contributed by atoms with Gasteiger partial charge in [0.25, 0.3) is 0 Å². The lowest BCUT2D eigenvalue weighted by Crippen LogP contribution is -2.15. The van der Waals surface area contributed by atoms with Crippen LogP contribution in [0.5, 0.6) is 0 Å². The first-order chi connectivity index (χ1) is 6.27. The molecule has 1 aromatic rings. The molecule has 0 saturated heterocycles. The summed E-state index contributed by atoms with van der Waals surface area (Å²) in [6, 6.07) is 8.70. The molecule has 1 atom stereocenters. The molecule has 1 unspecified atom stereocenters. The smallest absolute Gasteiger partial charge is 0.0428 e. The van der Waals surface area contributed by atoms with Gasteiger partial charge in [-0.05, 0) is 19.5 Å². The lowest BCUT2D eigenvalue weighted by Gasteiger charge is -2.13. The van der Waals surface area contributed by atoms with E-state index in [1.54, 1.807) is 0 Å². The van der Waals surface area contributed by atoms with Gasteiger partial charge in [-0.3, -0.25) is 0 Å². The number of aryl methyl sites for hydroxylation is 1. The molecule has 0 bridgehead atoms. The molecule has 1 rings (SSSR count). The first-order valence-corrected chi connectivity index (χ1v) is 4.45. The van der Waals surface area contributed by atoms with Crippen molar-refractivity contribution in [3.63, 3.8) is 0 Å². The van der Waals surface area contributed by atoms with Gasteiger partial charge in [0, 0.05) is 12.5 Å². The molecule has 1 aromatic carbocycles. The predicted octanol–water partition coefficient (Wildman–Crippen LogP) is 2.28. The minimum absolute atomic E-state index is 0.282. The maximum absolute atomic E-state index is 5.29. The molecule has 0 aliphatic rings. The minimum atomic E-state index is 0.282. The highest BCUT2D eigenvalue weighted by atomic mass is 14.9. The van der Waals surface area contributed by atoms with Crippen molar-refractivity contribution < 1.29 is 0 Å². The molecular formula is C12H15N. The second-order valence-electron chi connectivity index (χ2n) is 3.16. The molecule has 0 fully saturated rings. The topological polar surface area (TPSA) is 12.0 Å². The number of rotatable bonds is 3. The van der Waals surface area contributed by atoms with E-state index < -0.39 is 0 Å². The molecule has 1 heteroatoms. The van der Waals surface area contributed by atoms with Crippen molar-refractivity contribution in [2.24, 2.45) is 0 Å². The Bertz CT molecular complexity index is 309. The van der Waals surface area contributed by atoms with E-state index in [-0.39, 0.29) is 6.04 Å². The summed E-state index contributed by atoms with van der Waals surface area (Å²) in [6.45, 7) is 2.09. The maximum Gasteiger partial charge on any atom is 0.0428 e. The van der Waals surface area contributed by atoms with Gasteiger partial charge in [0.05, 0.1) is 0 Å². The van der Waals surface area contributed by atoms with Gasteiger partial charge in [0.2, 0.25) is 0 Å². The predicted molar refractivity (Wildman–Crippen MR) is 56.4 cm³/mol. The SMILES string of the molecule is C#CCC(NC)c1cccc(C)c1. The van der Waals surface area contributed by atoms with Gasteiger partial charge in [0.15, 0.2) is 0 Å². The standard InChI is InChI=1S/C12H15N/c1-4-6-12(13-3)11-8-5-7-10(2)9-11/h1,5,7-9,12-13H,6H2,2-3H3. The average molecular weight is 173 g/mol. The van der Waals surface area contributed by atoms with Gasteiger partial charge in [-0.2, -0.15) is 0 Å². The molecule has 0 saturated carbocycles. The Morgan fingerprint density at radius 3 is 2.85 bits per heavy atom. The summed E-state index contributed by atoms with van der Waals surface area (Å²) in [6.07, 6.45) is 6.03. The van der Waals surface area contributed by atoms with E-state index >= 15 is 0 Å². The van der Waals surface area contributed by atoms with Crippen LogP contribution in [0.4, 0.5) is 0 Å². The molecule has 1 N–H and O–H groups in total. The second-order valence-corrected chi connectivity index (χ2v) is 3.16. The quantitative estimate of drug-likeness (QED) is 0.691. The molecule has 0 aromatic heterocycles. The van der Waals surface area contributed by atoms with Gasteiger partial charge < -0.3 is 5.32 Å². The summed E-state index contributed by atoms with van der Waals surface area (Å²) >= 11 is 0. The third-order valence-corrected chi connectivity index (χ3v) is 2.11. The zero-order valence-corrected chi connectivity index (χ0v) is 8.17. The highest BCUT2D eigenvalue weighted by Crippen LogP contribution is 2.16. The van der Waals surface area contributed by atoms with Crippen molar-refractivity contribution in [3.8, 4) is 12.3 Å². The van der Waals surface area contributed by atoms with E-state index in [2.05, 4.69) is 42.4 Å². The molecular weight excluding hydrogens is 158 g/mol. The summed E-state index contributed by atoms with van der Waals surface area (Å²) in [5.41, 5.74) is 2.54. The van der Waals surface area contributed by atoms with Crippen LogP contribution < -0.4 is 5.32 Å². The monoisotopic (exact) mass is 173 g/mol. The fourth-order valence-corrected chi connectivity index (χ4v) is 1.39. The molecule has 0 amide bonds. The van der Waals surface area contributed by atoms with Crippen LogP contribution in [0.3, 0.4) is 0 Å². The van der Waals surface area contributed by atoms with Crippen LogP contribution in [-0.2, 0) is 0 Å². The van der Waals surface area contributed by atoms with Crippen molar-refractivity contribution >= 4 is 0 Å². The van der Waals surface area contributed by atoms with Crippen molar-refractivity contribution in [3.05, 3.63) is 35.4 Å². The number of terminal acetylenes is 1. The number of nitrogens with one attached hydrogen (secondary N) is 1. The summed E-state index contributed by atoms with van der Waals surface area (Å²) in [5.74, 6) is 2.67. The van der Waals surface area contributed by atoms with Crippen molar-refractivity contribution in [1.82, 2.24) is 5.32 Å². The van der Waals surface area contributed by atoms with Crippen LogP contribution in [0, 0.1) is 19.3 Å². The Labute approximate surface area is 80.2 Å². The van der Waals surface area contributed by atoms with E-state index in [9.17, 15) is 0 Å². The Hall–Kier alpha value is -1.26. The van der Waals surface area contributed by atoms with Crippen LogP contribution >= 0.6 is 0 Å². The molecule has 0 aliphatic heterocycles. The molecule has 1 nitrogen and oxygen atoms in total. The van der Waals surface area contributed by atoms with E-state index in [1.165, 1.54) is 11.1 Å². The van der Waals surface area contributed by atoms with Crippen LogP contribution in [-0.4, -0.2) is 7.05 Å². The average Bonchev–Trinajstić information content (AvgIpc) is 2.14. The molecule has 0 radical (unpaired) electrons. The van der Waals surface area contributed by atoms with Crippen LogP contribution in [0.1, 0.15) is 23.6 Å². The lowest BCUT2D eigenvalue weighted by molar-refractivity contribution is 0.611. The molecule has 68 valence electrons. The first-order valence-electron chi connectivity index (χ1n) is 4.45. The van der Waals surface area contributed by atoms with E-state index in [0.717, 1.165) is 6.42 Å². The number of hydrogen-bond acceptors (Lipinski definition) is 1. The van der Waals surface area contributed by atoms with Crippen molar-refractivity contribution in [2.75, 3.05) is 7.05 Å². The Kier molecular flexibility index (Phi) is 3.54. The zero-order chi connectivity index (χ0) is 9.68. The summed E-state index contributed by atoms with van der Waals surface area (Å²) in [7, 11) is 1.93. The largest absolute Gasteiger partial charge is 0.312 e. The number of benzene rings is 1. The van der Waals surface area contributed by atoms with Gasteiger partial charge in [-0.15, -0.1) is 12.3 Å². The van der Waals surface area contributed by atoms with Gasteiger partial charge >= 0.3 is 0 Å². The van der Waals surface area contributed by atoms with E-state index in [0.29, 0.717) is 0 Å². The molecule has 13 heavy (non-hydrogen) atoms. The highest BCUT2D eigenvalue weighted by Gasteiger charge is 2.06. The van der Waals surface area contributed by atoms with Gasteiger partial charge in [-0.1, -0.05) is 29.8 Å². The van der Waals surface area contributed by atoms with Crippen LogP contribution in [0.25, 0.3) is 0 Å². The minimum Gasteiger partial charge on any atom is -0.312 e. The second kappa shape index (κ2) is 4.69. The molecule has 0 aliphatic carbocycles. The third-order valence-electron chi connectivity index (χ3n) is 2.11. The van der Waals surface area contributed by atoms with Gasteiger partial charge in [0.1, 0.15) is 0 Å². The Morgan fingerprint density at radius 1 is 1.54 bits per heavy atom. The van der Waals surface area contributed by atoms with E-state index in [1.807, 2.05) is 7.05 Å². The fraction of sp³-hybridized carbons (Fsp3) is 0.333. The molecule has 0 heterocycles. The van der Waals surface area contributed by atoms with Crippen LogP contribution in [0.2, 0.25) is 0 Å². The molecule has 0 spiro atoms. The maximum atomic E-state index is 5.29. The normalized spacial score (nSPS) is 12.1. The third kappa shape index (κ3) is 2.61. The number of hydrogen-bond donors (Lipinski definition) is 1. The van der Waals surface area contributed by atoms with Crippen LogP contribution in [0.15, 0.2) is 24.3 Å².